The highest BCUT2D eigenvalue weighted by Crippen LogP contribution is 2.38. The molecule has 7 heteroatoms. The molecule has 82 valence electrons. The number of rotatable bonds is 4. The van der Waals surface area contributed by atoms with Gasteiger partial charge in [0.15, 0.2) is 17.2 Å². The number of halogens is 1. The molecule has 1 rings (SSSR count). The van der Waals surface area contributed by atoms with Crippen LogP contribution in [0.4, 0.5) is 4.39 Å². The number of hydrogen-bond acceptors (Lipinski definition) is 5. The Hall–Kier alpha value is -1.47. The van der Waals surface area contributed by atoms with Crippen LogP contribution in [0.1, 0.15) is 0 Å². The van der Waals surface area contributed by atoms with Crippen LogP contribution < -0.4 is 14.1 Å². The summed E-state index contributed by atoms with van der Waals surface area (Å²) in [5.74, 6) is -0.625. The van der Waals surface area contributed by atoms with E-state index in [9.17, 15) is 4.39 Å². The number of ether oxygens (including phenoxy) is 2. The molecule has 0 unspecified atom stereocenters. The van der Waals surface area contributed by atoms with Crippen molar-refractivity contribution >= 4 is 7.32 Å². The third-order valence-corrected chi connectivity index (χ3v) is 1.65. The fraction of sp³-hybridized carbons (Fsp3) is 0.250. The van der Waals surface area contributed by atoms with Crippen LogP contribution in [0, 0.1) is 5.82 Å². The first-order chi connectivity index (χ1) is 7.08. The second-order valence-electron chi connectivity index (χ2n) is 2.58. The van der Waals surface area contributed by atoms with E-state index in [-0.39, 0.29) is 17.2 Å². The molecule has 0 spiro atoms. The Morgan fingerprint density at radius 3 is 1.93 bits per heavy atom. The Bertz CT molecular complexity index is 319. The summed E-state index contributed by atoms with van der Waals surface area (Å²) in [5, 5.41) is 17.3. The standard InChI is InChI=1S/C8H10BFO5/c1-13-6-3-5(10)4-7(14-2)8(6)15-9(11)12/h3-4,11-12H,1-2H3. The summed E-state index contributed by atoms with van der Waals surface area (Å²) in [6, 6.07) is 2.08. The van der Waals surface area contributed by atoms with Gasteiger partial charge in [-0.1, -0.05) is 0 Å². The predicted molar refractivity (Wildman–Crippen MR) is 50.3 cm³/mol. The maximum atomic E-state index is 13.0. The molecule has 0 aliphatic carbocycles. The molecular weight excluding hydrogens is 206 g/mol. The van der Waals surface area contributed by atoms with Crippen molar-refractivity contribution in [2.24, 2.45) is 0 Å². The molecule has 0 heterocycles. The zero-order valence-corrected chi connectivity index (χ0v) is 8.23. The van der Waals surface area contributed by atoms with Crippen molar-refractivity contribution < 1.29 is 28.6 Å². The normalized spacial score (nSPS) is 9.67. The van der Waals surface area contributed by atoms with Crippen LogP contribution in [-0.2, 0) is 0 Å². The van der Waals surface area contributed by atoms with Gasteiger partial charge in [-0.05, 0) is 0 Å². The average Bonchev–Trinajstić information content (AvgIpc) is 2.19. The molecule has 0 radical (unpaired) electrons. The summed E-state index contributed by atoms with van der Waals surface area (Å²) < 4.78 is 27.2. The summed E-state index contributed by atoms with van der Waals surface area (Å²) in [5.41, 5.74) is 0. The second kappa shape index (κ2) is 4.85. The molecule has 0 saturated carbocycles. The lowest BCUT2D eigenvalue weighted by atomic mass is 10.2. The average molecular weight is 216 g/mol. The van der Waals surface area contributed by atoms with Gasteiger partial charge in [0.2, 0.25) is 0 Å². The molecule has 5 nitrogen and oxygen atoms in total. The van der Waals surface area contributed by atoms with Gasteiger partial charge in [0.25, 0.3) is 0 Å². The van der Waals surface area contributed by atoms with Crippen LogP contribution in [0.2, 0.25) is 0 Å². The Morgan fingerprint density at radius 1 is 1.13 bits per heavy atom. The van der Waals surface area contributed by atoms with Gasteiger partial charge in [0.05, 0.1) is 14.2 Å². The van der Waals surface area contributed by atoms with Crippen LogP contribution in [0.15, 0.2) is 12.1 Å². The number of hydrogen-bond donors (Lipinski definition) is 2. The third kappa shape index (κ3) is 2.74. The van der Waals surface area contributed by atoms with Gasteiger partial charge in [-0.25, -0.2) is 4.39 Å². The molecule has 0 atom stereocenters. The van der Waals surface area contributed by atoms with Gasteiger partial charge < -0.3 is 24.2 Å². The molecule has 0 aromatic heterocycles. The first-order valence-electron chi connectivity index (χ1n) is 4.02. The van der Waals surface area contributed by atoms with Crippen LogP contribution in [0.3, 0.4) is 0 Å². The maximum Gasteiger partial charge on any atom is 0.707 e. The summed E-state index contributed by atoms with van der Waals surface area (Å²) in [7, 11) is 0.564. The van der Waals surface area contributed by atoms with Crippen LogP contribution in [-0.4, -0.2) is 31.6 Å². The molecule has 0 aliphatic heterocycles. The minimum Gasteiger partial charge on any atom is -0.506 e. The number of benzene rings is 1. The summed E-state index contributed by atoms with van der Waals surface area (Å²) in [6.45, 7) is 0. The van der Waals surface area contributed by atoms with Crippen molar-refractivity contribution in [3.63, 3.8) is 0 Å². The highest BCUT2D eigenvalue weighted by molar-refractivity contribution is 6.34. The van der Waals surface area contributed by atoms with E-state index in [0.717, 1.165) is 12.1 Å². The minimum atomic E-state index is -2.03. The lowest BCUT2D eigenvalue weighted by Crippen LogP contribution is -2.21. The molecule has 0 bridgehead atoms. The summed E-state index contributed by atoms with van der Waals surface area (Å²) >= 11 is 0. The molecule has 0 fully saturated rings. The Morgan fingerprint density at radius 2 is 1.60 bits per heavy atom. The zero-order chi connectivity index (χ0) is 11.4. The van der Waals surface area contributed by atoms with Crippen LogP contribution >= 0.6 is 0 Å². The lowest BCUT2D eigenvalue weighted by molar-refractivity contribution is 0.269. The Balaban J connectivity index is 3.18. The van der Waals surface area contributed by atoms with E-state index in [1.165, 1.54) is 14.2 Å². The van der Waals surface area contributed by atoms with Crippen LogP contribution in [0.5, 0.6) is 17.2 Å². The molecule has 0 amide bonds. The van der Waals surface area contributed by atoms with Gasteiger partial charge >= 0.3 is 7.32 Å². The van der Waals surface area contributed by atoms with Gasteiger partial charge in [0, 0.05) is 12.1 Å². The zero-order valence-electron chi connectivity index (χ0n) is 8.23. The molecular formula is C8H10BFO5. The van der Waals surface area contributed by atoms with Crippen molar-refractivity contribution in [3.8, 4) is 17.2 Å². The minimum absolute atomic E-state index is 0.0138. The Kier molecular flexibility index (Phi) is 3.76. The smallest absolute Gasteiger partial charge is 0.506 e. The molecule has 0 saturated heterocycles. The summed E-state index contributed by atoms with van der Waals surface area (Å²) in [6.07, 6.45) is 0. The molecule has 1 aromatic carbocycles. The van der Waals surface area contributed by atoms with E-state index in [2.05, 4.69) is 4.65 Å². The topological polar surface area (TPSA) is 68.2 Å². The fourth-order valence-corrected chi connectivity index (χ4v) is 1.07. The molecule has 15 heavy (non-hydrogen) atoms. The molecule has 2 N–H and O–H groups in total. The summed E-state index contributed by atoms with van der Waals surface area (Å²) in [4.78, 5) is 0. The highest BCUT2D eigenvalue weighted by atomic mass is 19.1. The van der Waals surface area contributed by atoms with Gasteiger partial charge in [-0.3, -0.25) is 0 Å². The first kappa shape index (κ1) is 11.6. The van der Waals surface area contributed by atoms with Crippen molar-refractivity contribution in [1.82, 2.24) is 0 Å². The van der Waals surface area contributed by atoms with Crippen molar-refractivity contribution in [2.75, 3.05) is 14.2 Å². The van der Waals surface area contributed by atoms with Gasteiger partial charge in [-0.15, -0.1) is 0 Å². The van der Waals surface area contributed by atoms with Crippen molar-refractivity contribution in [2.45, 2.75) is 0 Å². The largest absolute Gasteiger partial charge is 0.707 e. The third-order valence-electron chi connectivity index (χ3n) is 1.65. The highest BCUT2D eigenvalue weighted by Gasteiger charge is 2.20. The van der Waals surface area contributed by atoms with E-state index < -0.39 is 13.1 Å². The lowest BCUT2D eigenvalue weighted by Gasteiger charge is -2.13. The first-order valence-corrected chi connectivity index (χ1v) is 4.02. The Labute approximate surface area is 86.2 Å². The van der Waals surface area contributed by atoms with Crippen molar-refractivity contribution in [3.05, 3.63) is 17.9 Å². The van der Waals surface area contributed by atoms with Crippen LogP contribution in [0.25, 0.3) is 0 Å². The van der Waals surface area contributed by atoms with Gasteiger partial charge in [-0.2, -0.15) is 0 Å². The fourth-order valence-electron chi connectivity index (χ4n) is 1.07. The number of methoxy groups -OCH3 is 2. The maximum absolute atomic E-state index is 13.0. The van der Waals surface area contributed by atoms with E-state index in [1.807, 2.05) is 0 Å². The quantitative estimate of drug-likeness (QED) is 0.703. The predicted octanol–water partition coefficient (Wildman–Crippen LogP) is 0.191. The molecule has 1 aromatic rings. The van der Waals surface area contributed by atoms with E-state index >= 15 is 0 Å². The molecule has 0 aliphatic rings. The van der Waals surface area contributed by atoms with E-state index in [1.54, 1.807) is 0 Å². The van der Waals surface area contributed by atoms with E-state index in [4.69, 9.17) is 19.5 Å². The van der Waals surface area contributed by atoms with E-state index in [0.29, 0.717) is 0 Å². The monoisotopic (exact) mass is 216 g/mol. The van der Waals surface area contributed by atoms with Gasteiger partial charge in [0.1, 0.15) is 5.82 Å². The van der Waals surface area contributed by atoms with Crippen molar-refractivity contribution in [1.29, 1.82) is 0 Å². The second-order valence-corrected chi connectivity index (χ2v) is 2.58. The SMILES string of the molecule is COc1cc(F)cc(OC)c1OB(O)O.